The lowest BCUT2D eigenvalue weighted by atomic mass is 9.94. The van der Waals surface area contributed by atoms with E-state index in [1.807, 2.05) is 78.9 Å². The van der Waals surface area contributed by atoms with Gasteiger partial charge in [-0.3, -0.25) is 0 Å². The van der Waals surface area contributed by atoms with Gasteiger partial charge < -0.3 is 4.42 Å². The van der Waals surface area contributed by atoms with E-state index in [0.29, 0.717) is 17.5 Å². The second-order valence-electron chi connectivity index (χ2n) is 12.0. The minimum atomic E-state index is 0.569. The highest BCUT2D eigenvalue weighted by atomic mass is 16.3. The number of para-hydroxylation sites is 1. The van der Waals surface area contributed by atoms with Gasteiger partial charge >= 0.3 is 0 Å². The predicted octanol–water partition coefficient (Wildman–Crippen LogP) is 11.8. The van der Waals surface area contributed by atoms with Crippen molar-refractivity contribution in [1.82, 2.24) is 15.0 Å². The van der Waals surface area contributed by atoms with Crippen LogP contribution in [-0.2, 0) is 0 Å². The molecule has 0 fully saturated rings. The molecular weight excluding hydrogens is 599 g/mol. The van der Waals surface area contributed by atoms with E-state index in [0.717, 1.165) is 55.3 Å². The average Bonchev–Trinajstić information content (AvgIpc) is 3.58. The van der Waals surface area contributed by atoms with Crippen molar-refractivity contribution in [2.75, 3.05) is 0 Å². The number of aromatic nitrogens is 3. The molecule has 0 aliphatic carbocycles. The van der Waals surface area contributed by atoms with Gasteiger partial charge in [-0.1, -0.05) is 152 Å². The maximum absolute atomic E-state index is 6.67. The fraction of sp³-hybridized carbons (Fsp3) is 0. The zero-order valence-electron chi connectivity index (χ0n) is 26.5. The fourth-order valence-electron chi connectivity index (χ4n) is 6.57. The first-order valence-corrected chi connectivity index (χ1v) is 16.4. The number of furan rings is 1. The monoisotopic (exact) mass is 627 g/mol. The molecule has 0 unspecified atom stereocenters. The summed E-state index contributed by atoms with van der Waals surface area (Å²) in [6.45, 7) is 0. The summed E-state index contributed by atoms with van der Waals surface area (Å²) in [6.07, 6.45) is 0. The molecule has 0 radical (unpaired) electrons. The molecule has 2 aromatic heterocycles. The molecule has 4 nitrogen and oxygen atoms in total. The number of rotatable bonds is 6. The van der Waals surface area contributed by atoms with E-state index in [9.17, 15) is 0 Å². The van der Waals surface area contributed by atoms with Crippen LogP contribution in [0.3, 0.4) is 0 Å². The molecule has 0 saturated carbocycles. The molecule has 0 amide bonds. The van der Waals surface area contributed by atoms with Gasteiger partial charge in [-0.25, -0.2) is 15.0 Å². The van der Waals surface area contributed by atoms with E-state index in [2.05, 4.69) is 97.1 Å². The third kappa shape index (κ3) is 5.35. The van der Waals surface area contributed by atoms with Crippen LogP contribution >= 0.6 is 0 Å². The minimum Gasteiger partial charge on any atom is -0.455 e. The lowest BCUT2D eigenvalue weighted by Crippen LogP contribution is -2.00. The zero-order valence-corrected chi connectivity index (χ0v) is 26.5. The van der Waals surface area contributed by atoms with Crippen molar-refractivity contribution in [2.24, 2.45) is 0 Å². The van der Waals surface area contributed by atoms with E-state index >= 15 is 0 Å². The quantitative estimate of drug-likeness (QED) is 0.184. The van der Waals surface area contributed by atoms with E-state index in [4.69, 9.17) is 19.4 Å². The first kappa shape index (κ1) is 28.6. The van der Waals surface area contributed by atoms with Crippen LogP contribution in [0.2, 0.25) is 0 Å². The SMILES string of the molecule is c1ccc(-c2cccc(-c3cccc(-c4cccc5oc6c(-c7nc(-c8ccccc8)nc(-c8ccccc8)n7)cccc6c45)c3)c2)cc1. The third-order valence-electron chi connectivity index (χ3n) is 8.94. The van der Waals surface area contributed by atoms with E-state index < -0.39 is 0 Å². The zero-order chi connectivity index (χ0) is 32.6. The second kappa shape index (κ2) is 12.2. The van der Waals surface area contributed by atoms with Gasteiger partial charge in [0.15, 0.2) is 17.5 Å². The van der Waals surface area contributed by atoms with Crippen molar-refractivity contribution in [3.05, 3.63) is 176 Å². The van der Waals surface area contributed by atoms with Crippen molar-refractivity contribution in [3.63, 3.8) is 0 Å². The Hall–Kier alpha value is -6.65. The summed E-state index contributed by atoms with van der Waals surface area (Å²) in [5.74, 6) is 1.80. The Morgan fingerprint density at radius 2 is 0.776 bits per heavy atom. The molecule has 0 spiro atoms. The molecule has 0 atom stereocenters. The van der Waals surface area contributed by atoms with Gasteiger partial charge in [0, 0.05) is 21.9 Å². The van der Waals surface area contributed by atoms with Crippen LogP contribution in [0.4, 0.5) is 0 Å². The summed E-state index contributed by atoms with van der Waals surface area (Å²) in [7, 11) is 0. The highest BCUT2D eigenvalue weighted by molar-refractivity contribution is 6.15. The third-order valence-corrected chi connectivity index (χ3v) is 8.94. The Morgan fingerprint density at radius 1 is 0.327 bits per heavy atom. The predicted molar refractivity (Wildman–Crippen MR) is 200 cm³/mol. The van der Waals surface area contributed by atoms with Gasteiger partial charge in [0.2, 0.25) is 0 Å². The lowest BCUT2D eigenvalue weighted by molar-refractivity contribution is 0.669. The topological polar surface area (TPSA) is 51.8 Å². The Bertz CT molecular complexity index is 2540. The molecule has 0 bridgehead atoms. The summed E-state index contributed by atoms with van der Waals surface area (Å²) < 4.78 is 6.67. The number of nitrogens with zero attached hydrogens (tertiary/aromatic N) is 3. The molecular formula is C45H29N3O. The lowest BCUT2D eigenvalue weighted by Gasteiger charge is -2.10. The van der Waals surface area contributed by atoms with Crippen molar-refractivity contribution < 1.29 is 4.42 Å². The smallest absolute Gasteiger partial charge is 0.167 e. The summed E-state index contributed by atoms with van der Waals surface area (Å²) in [5, 5.41) is 2.08. The van der Waals surface area contributed by atoms with Gasteiger partial charge in [-0.15, -0.1) is 0 Å². The van der Waals surface area contributed by atoms with Crippen LogP contribution in [0.5, 0.6) is 0 Å². The molecule has 2 heterocycles. The van der Waals surface area contributed by atoms with Gasteiger partial charge in [-0.05, 0) is 57.6 Å². The summed E-state index contributed by atoms with van der Waals surface area (Å²) in [5.41, 5.74) is 11.2. The second-order valence-corrected chi connectivity index (χ2v) is 12.0. The van der Waals surface area contributed by atoms with Crippen molar-refractivity contribution >= 4 is 21.9 Å². The first-order valence-electron chi connectivity index (χ1n) is 16.4. The number of hydrogen-bond donors (Lipinski definition) is 0. The van der Waals surface area contributed by atoms with Crippen molar-refractivity contribution in [1.29, 1.82) is 0 Å². The number of benzene rings is 7. The van der Waals surface area contributed by atoms with Crippen molar-refractivity contribution in [3.8, 4) is 67.5 Å². The maximum Gasteiger partial charge on any atom is 0.167 e. The molecule has 0 aliphatic heterocycles. The number of hydrogen-bond acceptors (Lipinski definition) is 4. The Kier molecular flexibility index (Phi) is 7.10. The molecule has 7 aromatic carbocycles. The van der Waals surface area contributed by atoms with Crippen molar-refractivity contribution in [2.45, 2.75) is 0 Å². The number of fused-ring (bicyclic) bond motifs is 3. The average molecular weight is 628 g/mol. The molecule has 230 valence electrons. The highest BCUT2D eigenvalue weighted by Crippen LogP contribution is 2.41. The molecule has 49 heavy (non-hydrogen) atoms. The molecule has 0 saturated heterocycles. The van der Waals surface area contributed by atoms with Crippen LogP contribution in [0.25, 0.3) is 89.5 Å². The molecule has 9 aromatic rings. The Balaban J connectivity index is 1.19. The van der Waals surface area contributed by atoms with Crippen LogP contribution in [0.1, 0.15) is 0 Å². The first-order chi connectivity index (χ1) is 24.3. The summed E-state index contributed by atoms with van der Waals surface area (Å²) in [6, 6.07) is 60.5. The normalized spacial score (nSPS) is 11.3. The highest BCUT2D eigenvalue weighted by Gasteiger charge is 2.19. The minimum absolute atomic E-state index is 0.569. The van der Waals surface area contributed by atoms with Gasteiger partial charge in [0.05, 0.1) is 5.56 Å². The van der Waals surface area contributed by atoms with Gasteiger partial charge in [0.1, 0.15) is 11.2 Å². The standard InChI is InChI=1S/C45H29N3O/c1-4-14-30(15-5-1)33-20-10-21-34(28-33)35-22-11-23-36(29-35)37-24-13-27-40-41(37)38-25-12-26-39(42(38)49-40)45-47-43(31-16-6-2-7-17-31)46-44(48-45)32-18-8-3-9-19-32/h1-29H. The van der Waals surface area contributed by atoms with Crippen LogP contribution in [0, 0.1) is 0 Å². The largest absolute Gasteiger partial charge is 0.455 e. The Morgan fingerprint density at radius 3 is 1.41 bits per heavy atom. The fourth-order valence-corrected chi connectivity index (χ4v) is 6.57. The van der Waals surface area contributed by atoms with E-state index in [-0.39, 0.29) is 0 Å². The van der Waals surface area contributed by atoms with Gasteiger partial charge in [-0.2, -0.15) is 0 Å². The van der Waals surface area contributed by atoms with Crippen LogP contribution < -0.4 is 0 Å². The molecule has 9 rings (SSSR count). The van der Waals surface area contributed by atoms with E-state index in [1.165, 1.54) is 16.7 Å². The molecule has 4 heteroatoms. The molecule has 0 N–H and O–H groups in total. The summed E-state index contributed by atoms with van der Waals surface area (Å²) in [4.78, 5) is 14.9. The van der Waals surface area contributed by atoms with E-state index in [1.54, 1.807) is 0 Å². The molecule has 0 aliphatic rings. The van der Waals surface area contributed by atoms with Crippen LogP contribution in [0.15, 0.2) is 180 Å². The Labute approximate surface area is 284 Å². The van der Waals surface area contributed by atoms with Crippen LogP contribution in [-0.4, -0.2) is 15.0 Å². The van der Waals surface area contributed by atoms with Gasteiger partial charge in [0.25, 0.3) is 0 Å². The summed E-state index contributed by atoms with van der Waals surface area (Å²) >= 11 is 0. The maximum atomic E-state index is 6.67.